The van der Waals surface area contributed by atoms with E-state index >= 15 is 0 Å². The second-order valence-electron chi connectivity index (χ2n) is 6.25. The second-order valence-corrected chi connectivity index (χ2v) is 7.17. The molecular weight excluding hydrogens is 365 g/mol. The van der Waals surface area contributed by atoms with Gasteiger partial charge in [-0.2, -0.15) is 0 Å². The Morgan fingerprint density at radius 2 is 2.26 bits per heavy atom. The van der Waals surface area contributed by atoms with Gasteiger partial charge in [-0.25, -0.2) is 9.37 Å². The van der Waals surface area contributed by atoms with Crippen LogP contribution in [0.5, 0.6) is 0 Å². The van der Waals surface area contributed by atoms with Crippen molar-refractivity contribution in [3.05, 3.63) is 22.8 Å². The summed E-state index contributed by atoms with van der Waals surface area (Å²) >= 11 is 3.36. The van der Waals surface area contributed by atoms with Crippen molar-refractivity contribution in [2.75, 3.05) is 37.7 Å². The quantitative estimate of drug-likeness (QED) is 0.863. The number of halogens is 2. The van der Waals surface area contributed by atoms with Crippen LogP contribution in [0.4, 0.5) is 10.2 Å². The summed E-state index contributed by atoms with van der Waals surface area (Å²) in [5.74, 6) is 0.657. The molecule has 23 heavy (non-hydrogen) atoms. The summed E-state index contributed by atoms with van der Waals surface area (Å²) in [7, 11) is 0. The molecule has 7 heteroatoms. The number of aromatic nitrogens is 1. The third-order valence-electron chi connectivity index (χ3n) is 4.58. The fourth-order valence-corrected chi connectivity index (χ4v) is 3.23. The fraction of sp³-hybridized carbons (Fsp3) is 0.625. The highest BCUT2D eigenvalue weighted by molar-refractivity contribution is 9.10. The molecule has 1 unspecified atom stereocenters. The van der Waals surface area contributed by atoms with Crippen LogP contribution in [-0.2, 0) is 9.53 Å². The average Bonchev–Trinajstić information content (AvgIpc) is 3.09. The van der Waals surface area contributed by atoms with Crippen molar-refractivity contribution in [1.82, 2.24) is 10.3 Å². The molecule has 1 atom stereocenters. The van der Waals surface area contributed by atoms with Crippen LogP contribution in [0.3, 0.4) is 0 Å². The van der Waals surface area contributed by atoms with Crippen molar-refractivity contribution in [3.8, 4) is 0 Å². The lowest BCUT2D eigenvalue weighted by Crippen LogP contribution is -2.49. The number of ether oxygens (including phenoxy) is 1. The fourth-order valence-electron chi connectivity index (χ4n) is 3.00. The van der Waals surface area contributed by atoms with Gasteiger partial charge in [-0.3, -0.25) is 4.79 Å². The van der Waals surface area contributed by atoms with Crippen LogP contribution in [0.25, 0.3) is 0 Å². The van der Waals surface area contributed by atoms with E-state index in [0.29, 0.717) is 39.1 Å². The normalized spacial score (nSPS) is 23.7. The van der Waals surface area contributed by atoms with Crippen LogP contribution in [0.1, 0.15) is 19.3 Å². The molecule has 2 saturated heterocycles. The number of pyridine rings is 1. The largest absolute Gasteiger partial charge is 0.381 e. The number of nitrogens with zero attached hydrogens (tertiary/aromatic N) is 2. The molecule has 3 rings (SSSR count). The Kier molecular flexibility index (Phi) is 5.16. The summed E-state index contributed by atoms with van der Waals surface area (Å²) in [5, 5.41) is 2.76. The van der Waals surface area contributed by atoms with E-state index in [9.17, 15) is 9.18 Å². The molecule has 0 spiro atoms. The molecule has 2 aliphatic rings. The van der Waals surface area contributed by atoms with Gasteiger partial charge in [0.05, 0.1) is 19.1 Å². The van der Waals surface area contributed by atoms with E-state index < -0.39 is 5.67 Å². The first-order chi connectivity index (χ1) is 11.1. The Bertz CT molecular complexity index is 541. The Hall–Kier alpha value is -1.21. The number of alkyl halides is 1. The van der Waals surface area contributed by atoms with Gasteiger partial charge in [-0.1, -0.05) is 0 Å². The topological polar surface area (TPSA) is 54.5 Å². The van der Waals surface area contributed by atoms with Crippen LogP contribution in [0.2, 0.25) is 0 Å². The highest BCUT2D eigenvalue weighted by Gasteiger charge is 2.36. The van der Waals surface area contributed by atoms with Gasteiger partial charge in [-0.15, -0.1) is 0 Å². The van der Waals surface area contributed by atoms with Gasteiger partial charge < -0.3 is 15.0 Å². The minimum absolute atomic E-state index is 0.0865. The Balaban J connectivity index is 1.48. The van der Waals surface area contributed by atoms with Crippen molar-refractivity contribution in [3.63, 3.8) is 0 Å². The molecule has 5 nitrogen and oxygen atoms in total. The molecule has 0 bridgehead atoms. The summed E-state index contributed by atoms with van der Waals surface area (Å²) in [6.07, 6.45) is 3.27. The molecule has 1 N–H and O–H groups in total. The zero-order valence-corrected chi connectivity index (χ0v) is 14.5. The Labute approximate surface area is 143 Å². The number of carbonyl (C=O) groups excluding carboxylic acids is 1. The molecule has 0 radical (unpaired) electrons. The third-order valence-corrected chi connectivity index (χ3v) is 5.04. The van der Waals surface area contributed by atoms with Gasteiger partial charge in [0.15, 0.2) is 0 Å². The number of hydrogen-bond acceptors (Lipinski definition) is 4. The minimum atomic E-state index is -1.33. The number of nitrogens with one attached hydrogen (secondary N) is 1. The van der Waals surface area contributed by atoms with Crippen molar-refractivity contribution in [2.45, 2.75) is 24.9 Å². The van der Waals surface area contributed by atoms with Gasteiger partial charge in [0.2, 0.25) is 5.91 Å². The van der Waals surface area contributed by atoms with E-state index in [2.05, 4.69) is 31.1 Å². The number of carbonyl (C=O) groups is 1. The Morgan fingerprint density at radius 3 is 2.87 bits per heavy atom. The van der Waals surface area contributed by atoms with Gasteiger partial charge in [0, 0.05) is 43.2 Å². The molecule has 126 valence electrons. The SMILES string of the molecule is O=C(NCC1(F)CCN(c2ccc(Br)cn2)CC1)C1CCOC1. The lowest BCUT2D eigenvalue weighted by Gasteiger charge is -2.37. The van der Waals surface area contributed by atoms with E-state index in [-0.39, 0.29) is 18.4 Å². The summed E-state index contributed by atoms with van der Waals surface area (Å²) in [6.45, 7) is 2.37. The lowest BCUT2D eigenvalue weighted by molar-refractivity contribution is -0.125. The van der Waals surface area contributed by atoms with Crippen molar-refractivity contribution in [1.29, 1.82) is 0 Å². The summed E-state index contributed by atoms with van der Waals surface area (Å²) in [4.78, 5) is 18.4. The summed E-state index contributed by atoms with van der Waals surface area (Å²) in [5.41, 5.74) is -1.33. The summed E-state index contributed by atoms with van der Waals surface area (Å²) in [6, 6.07) is 3.86. The monoisotopic (exact) mass is 385 g/mol. The van der Waals surface area contributed by atoms with E-state index in [1.807, 2.05) is 12.1 Å². The molecule has 1 aromatic heterocycles. The molecule has 0 saturated carbocycles. The highest BCUT2D eigenvalue weighted by atomic mass is 79.9. The number of amides is 1. The summed E-state index contributed by atoms with van der Waals surface area (Å²) < 4.78 is 21.0. The Morgan fingerprint density at radius 1 is 1.48 bits per heavy atom. The van der Waals surface area contributed by atoms with Crippen LogP contribution in [0, 0.1) is 5.92 Å². The zero-order valence-electron chi connectivity index (χ0n) is 12.9. The first kappa shape index (κ1) is 16.6. The maximum absolute atomic E-state index is 14.9. The number of hydrogen-bond donors (Lipinski definition) is 1. The van der Waals surface area contributed by atoms with Gasteiger partial charge in [0.1, 0.15) is 11.5 Å². The average molecular weight is 386 g/mol. The van der Waals surface area contributed by atoms with Crippen LogP contribution >= 0.6 is 15.9 Å². The smallest absolute Gasteiger partial charge is 0.225 e. The molecule has 1 amide bonds. The van der Waals surface area contributed by atoms with E-state index in [4.69, 9.17) is 4.74 Å². The van der Waals surface area contributed by atoms with Gasteiger partial charge in [-0.05, 0) is 34.5 Å². The van der Waals surface area contributed by atoms with Gasteiger partial charge >= 0.3 is 0 Å². The molecule has 2 aliphatic heterocycles. The molecule has 0 aliphatic carbocycles. The molecule has 1 aromatic rings. The minimum Gasteiger partial charge on any atom is -0.381 e. The molecule has 0 aromatic carbocycles. The number of rotatable bonds is 4. The standard InChI is InChI=1S/C16H21BrFN3O2/c17-13-1-2-14(19-9-13)21-6-4-16(18,5-7-21)11-20-15(22)12-3-8-23-10-12/h1-2,9,12H,3-8,10-11H2,(H,20,22). The highest BCUT2D eigenvalue weighted by Crippen LogP contribution is 2.28. The molecule has 3 heterocycles. The van der Waals surface area contributed by atoms with Crippen LogP contribution in [0.15, 0.2) is 22.8 Å². The van der Waals surface area contributed by atoms with E-state index in [1.165, 1.54) is 0 Å². The van der Waals surface area contributed by atoms with E-state index in [1.54, 1.807) is 6.20 Å². The molecular formula is C16H21BrFN3O2. The first-order valence-electron chi connectivity index (χ1n) is 7.97. The van der Waals surface area contributed by atoms with Crippen LogP contribution in [-0.4, -0.2) is 49.4 Å². The maximum atomic E-state index is 14.9. The maximum Gasteiger partial charge on any atom is 0.225 e. The second kappa shape index (κ2) is 7.13. The van der Waals surface area contributed by atoms with Gasteiger partial charge in [0.25, 0.3) is 0 Å². The molecule has 2 fully saturated rings. The zero-order chi connectivity index (χ0) is 16.3. The van der Waals surface area contributed by atoms with Crippen LogP contribution < -0.4 is 10.2 Å². The third kappa shape index (κ3) is 4.20. The predicted octanol–water partition coefficient (Wildman–Crippen LogP) is 2.31. The first-order valence-corrected chi connectivity index (χ1v) is 8.76. The van der Waals surface area contributed by atoms with Crippen molar-refractivity contribution < 1.29 is 13.9 Å². The predicted molar refractivity (Wildman–Crippen MR) is 89.2 cm³/mol. The van der Waals surface area contributed by atoms with E-state index in [0.717, 1.165) is 16.7 Å². The number of anilines is 1. The lowest BCUT2D eigenvalue weighted by atomic mass is 9.93. The van der Waals surface area contributed by atoms with Crippen molar-refractivity contribution in [2.24, 2.45) is 5.92 Å². The van der Waals surface area contributed by atoms with Crippen molar-refractivity contribution >= 4 is 27.7 Å². The number of piperidine rings is 1.